The van der Waals surface area contributed by atoms with Gasteiger partial charge >= 0.3 is 0 Å². The van der Waals surface area contributed by atoms with Gasteiger partial charge in [0.15, 0.2) is 0 Å². The first-order chi connectivity index (χ1) is 8.84. The number of nitro groups is 1. The van der Waals surface area contributed by atoms with E-state index in [9.17, 15) is 10.1 Å². The van der Waals surface area contributed by atoms with Gasteiger partial charge in [-0.05, 0) is 40.0 Å². The van der Waals surface area contributed by atoms with Crippen LogP contribution < -0.4 is 0 Å². The number of rotatable bonds is 2. The van der Waals surface area contributed by atoms with Crippen molar-refractivity contribution in [2.24, 2.45) is 5.16 Å². The maximum atomic E-state index is 10.6. The van der Waals surface area contributed by atoms with Crippen molar-refractivity contribution < 1.29 is 9.76 Å². The predicted octanol–water partition coefficient (Wildman–Crippen LogP) is 2.71. The third-order valence-corrected chi connectivity index (χ3v) is 3.80. The molecule has 102 valence electrons. The Labute approximate surface area is 111 Å². The molecule has 0 radical (unpaired) electrons. The summed E-state index contributed by atoms with van der Waals surface area (Å²) in [6.45, 7) is 6.04. The molecule has 0 aliphatic carbocycles. The molecule has 0 amide bonds. The normalized spacial score (nSPS) is 22.5. The molecule has 6 heteroatoms. The van der Waals surface area contributed by atoms with Gasteiger partial charge in [0.05, 0.1) is 16.2 Å². The fraction of sp³-hybridized carbons (Fsp3) is 0.462. The molecule has 0 spiro atoms. The zero-order valence-corrected chi connectivity index (χ0v) is 11.5. The van der Waals surface area contributed by atoms with Gasteiger partial charge in [0.1, 0.15) is 0 Å². The molecule has 0 unspecified atom stereocenters. The SMILES string of the molecule is CC1=NO[C@@H](c2ccc([N+](=O)[O-])cc2)N(C)C1(C)C. The second kappa shape index (κ2) is 4.62. The zero-order valence-electron chi connectivity index (χ0n) is 11.5. The quantitative estimate of drug-likeness (QED) is 0.607. The number of oxime groups is 1. The molecule has 1 aromatic rings. The summed E-state index contributed by atoms with van der Waals surface area (Å²) in [6, 6.07) is 6.35. The summed E-state index contributed by atoms with van der Waals surface area (Å²) < 4.78 is 0. The second-order valence-electron chi connectivity index (χ2n) is 5.15. The van der Waals surface area contributed by atoms with Crippen LogP contribution in [0.25, 0.3) is 0 Å². The average molecular weight is 263 g/mol. The lowest BCUT2D eigenvalue weighted by Crippen LogP contribution is -2.51. The summed E-state index contributed by atoms with van der Waals surface area (Å²) in [6.07, 6.45) is -0.334. The molecule has 19 heavy (non-hydrogen) atoms. The summed E-state index contributed by atoms with van der Waals surface area (Å²) in [5.41, 5.74) is 1.59. The minimum atomic E-state index is -0.415. The molecule has 0 saturated carbocycles. The van der Waals surface area contributed by atoms with Gasteiger partial charge in [-0.25, -0.2) is 0 Å². The molecule has 0 saturated heterocycles. The number of nitro benzene ring substituents is 1. The van der Waals surface area contributed by atoms with Crippen LogP contribution in [0.4, 0.5) is 5.69 Å². The van der Waals surface area contributed by atoms with Gasteiger partial charge in [-0.15, -0.1) is 0 Å². The molecule has 6 nitrogen and oxygen atoms in total. The predicted molar refractivity (Wildman–Crippen MR) is 71.9 cm³/mol. The van der Waals surface area contributed by atoms with E-state index in [1.165, 1.54) is 12.1 Å². The van der Waals surface area contributed by atoms with Crippen molar-refractivity contribution in [2.45, 2.75) is 32.5 Å². The molecule has 0 bridgehead atoms. The Bertz CT molecular complexity index is 522. The summed E-state index contributed by atoms with van der Waals surface area (Å²) in [5, 5.41) is 14.7. The van der Waals surface area contributed by atoms with E-state index in [0.29, 0.717) is 0 Å². The topological polar surface area (TPSA) is 68.0 Å². The fourth-order valence-electron chi connectivity index (χ4n) is 1.90. The monoisotopic (exact) mass is 263 g/mol. The van der Waals surface area contributed by atoms with Crippen LogP contribution in [0, 0.1) is 10.1 Å². The first kappa shape index (κ1) is 13.5. The van der Waals surface area contributed by atoms with Crippen molar-refractivity contribution in [1.82, 2.24) is 4.90 Å². The van der Waals surface area contributed by atoms with Crippen LogP contribution in [0.15, 0.2) is 29.4 Å². The third kappa shape index (κ3) is 2.31. The van der Waals surface area contributed by atoms with E-state index < -0.39 is 4.92 Å². The lowest BCUT2D eigenvalue weighted by Gasteiger charge is -2.42. The second-order valence-corrected chi connectivity index (χ2v) is 5.15. The van der Waals surface area contributed by atoms with Gasteiger partial charge in [-0.3, -0.25) is 15.0 Å². The lowest BCUT2D eigenvalue weighted by molar-refractivity contribution is -0.384. The van der Waals surface area contributed by atoms with E-state index in [0.717, 1.165) is 11.3 Å². The van der Waals surface area contributed by atoms with Crippen LogP contribution >= 0.6 is 0 Å². The zero-order chi connectivity index (χ0) is 14.2. The van der Waals surface area contributed by atoms with E-state index in [2.05, 4.69) is 23.9 Å². The highest BCUT2D eigenvalue weighted by Crippen LogP contribution is 2.33. The molecule has 0 N–H and O–H groups in total. The van der Waals surface area contributed by atoms with E-state index in [-0.39, 0.29) is 17.5 Å². The smallest absolute Gasteiger partial charge is 0.269 e. The Morgan fingerprint density at radius 2 is 1.95 bits per heavy atom. The molecule has 1 aliphatic rings. The van der Waals surface area contributed by atoms with Crippen molar-refractivity contribution in [3.05, 3.63) is 39.9 Å². The number of benzene rings is 1. The molecular formula is C13H17N3O3. The molecular weight excluding hydrogens is 246 g/mol. The van der Waals surface area contributed by atoms with Gasteiger partial charge in [0.25, 0.3) is 5.69 Å². The molecule has 2 rings (SSSR count). The minimum absolute atomic E-state index is 0.0705. The Balaban J connectivity index is 2.30. The van der Waals surface area contributed by atoms with Crippen LogP contribution in [0.2, 0.25) is 0 Å². The van der Waals surface area contributed by atoms with E-state index in [4.69, 9.17) is 4.84 Å². The highest BCUT2D eigenvalue weighted by atomic mass is 16.7. The molecule has 1 aromatic carbocycles. The Morgan fingerprint density at radius 3 is 2.47 bits per heavy atom. The Hall–Kier alpha value is -1.95. The van der Waals surface area contributed by atoms with Crippen molar-refractivity contribution in [3.8, 4) is 0 Å². The van der Waals surface area contributed by atoms with Gasteiger partial charge in [0.2, 0.25) is 6.23 Å². The van der Waals surface area contributed by atoms with Crippen molar-refractivity contribution in [1.29, 1.82) is 0 Å². The van der Waals surface area contributed by atoms with Crippen LogP contribution in [0.1, 0.15) is 32.6 Å². The van der Waals surface area contributed by atoms with E-state index in [1.54, 1.807) is 12.1 Å². The van der Waals surface area contributed by atoms with Crippen molar-refractivity contribution in [2.75, 3.05) is 7.05 Å². The maximum Gasteiger partial charge on any atom is 0.269 e. The van der Waals surface area contributed by atoms with Gasteiger partial charge in [0, 0.05) is 17.7 Å². The number of hydrogen-bond donors (Lipinski definition) is 0. The maximum absolute atomic E-state index is 10.6. The van der Waals surface area contributed by atoms with Crippen LogP contribution in [-0.4, -0.2) is 28.1 Å². The first-order valence-electron chi connectivity index (χ1n) is 6.02. The summed E-state index contributed by atoms with van der Waals surface area (Å²) in [5.74, 6) is 0. The van der Waals surface area contributed by atoms with E-state index >= 15 is 0 Å². The van der Waals surface area contributed by atoms with Crippen LogP contribution in [0.5, 0.6) is 0 Å². The number of hydrogen-bond acceptors (Lipinski definition) is 5. The van der Waals surface area contributed by atoms with Gasteiger partial charge in [-0.2, -0.15) is 0 Å². The van der Waals surface area contributed by atoms with Crippen molar-refractivity contribution in [3.63, 3.8) is 0 Å². The van der Waals surface area contributed by atoms with Crippen LogP contribution in [-0.2, 0) is 4.84 Å². The van der Waals surface area contributed by atoms with Gasteiger partial charge < -0.3 is 4.84 Å². The summed E-state index contributed by atoms with van der Waals surface area (Å²) in [4.78, 5) is 17.7. The van der Waals surface area contributed by atoms with Crippen molar-refractivity contribution >= 4 is 11.4 Å². The Kier molecular flexibility index (Phi) is 3.28. The average Bonchev–Trinajstić information content (AvgIpc) is 2.37. The summed E-state index contributed by atoms with van der Waals surface area (Å²) >= 11 is 0. The lowest BCUT2D eigenvalue weighted by atomic mass is 9.95. The van der Waals surface area contributed by atoms with Gasteiger partial charge in [-0.1, -0.05) is 5.16 Å². The molecule has 1 atom stereocenters. The molecule has 1 heterocycles. The highest BCUT2D eigenvalue weighted by Gasteiger charge is 2.38. The fourth-order valence-corrected chi connectivity index (χ4v) is 1.90. The Morgan fingerprint density at radius 1 is 1.37 bits per heavy atom. The molecule has 0 aromatic heterocycles. The number of non-ortho nitro benzene ring substituents is 1. The van der Waals surface area contributed by atoms with Crippen LogP contribution in [0.3, 0.4) is 0 Å². The first-order valence-corrected chi connectivity index (χ1v) is 6.02. The minimum Gasteiger partial charge on any atom is -0.371 e. The largest absolute Gasteiger partial charge is 0.371 e. The molecule has 0 fully saturated rings. The highest BCUT2D eigenvalue weighted by molar-refractivity contribution is 5.90. The van der Waals surface area contributed by atoms with E-state index in [1.807, 2.05) is 14.0 Å². The third-order valence-electron chi connectivity index (χ3n) is 3.80. The molecule has 1 aliphatic heterocycles. The summed E-state index contributed by atoms with van der Waals surface area (Å²) in [7, 11) is 1.95. The standard InChI is InChI=1S/C13H17N3O3/c1-9-13(2,3)15(4)12(19-14-9)10-5-7-11(8-6-10)16(17)18/h5-8,12H,1-4H3/t12-/m0/s1. The number of nitrogens with zero attached hydrogens (tertiary/aromatic N) is 3.